The highest BCUT2D eigenvalue weighted by Crippen LogP contribution is 2.29. The Hall–Kier alpha value is -2.86. The lowest BCUT2D eigenvalue weighted by atomic mass is 9.87. The van der Waals surface area contributed by atoms with Gasteiger partial charge >= 0.3 is 5.69 Å². The van der Waals surface area contributed by atoms with Gasteiger partial charge in [0.2, 0.25) is 0 Å². The number of hydrogen-bond donors (Lipinski definition) is 2. The molecule has 0 radical (unpaired) electrons. The van der Waals surface area contributed by atoms with Crippen LogP contribution in [-0.2, 0) is 17.7 Å². The van der Waals surface area contributed by atoms with E-state index in [2.05, 4.69) is 22.4 Å². The number of carbonyl (C=O) groups excluding carboxylic acids is 1. The monoisotopic (exact) mass is 365 g/mol. The summed E-state index contributed by atoms with van der Waals surface area (Å²) in [5.74, 6) is -0.121. The van der Waals surface area contributed by atoms with Gasteiger partial charge in [0.25, 0.3) is 5.91 Å². The van der Waals surface area contributed by atoms with Crippen molar-refractivity contribution in [2.45, 2.75) is 31.8 Å². The van der Waals surface area contributed by atoms with E-state index in [1.54, 1.807) is 23.8 Å². The number of nitrogens with one attached hydrogen (secondary N) is 2. The Bertz CT molecular complexity index is 1030. The zero-order chi connectivity index (χ0) is 18.8. The summed E-state index contributed by atoms with van der Waals surface area (Å²) in [6.07, 6.45) is 3.07. The number of aromatic amines is 1. The molecule has 1 unspecified atom stereocenters. The van der Waals surface area contributed by atoms with Gasteiger partial charge in [0.15, 0.2) is 0 Å². The molecule has 0 fully saturated rings. The number of hydrogen-bond acceptors (Lipinski definition) is 3. The quantitative estimate of drug-likeness (QED) is 0.730. The molecule has 1 aliphatic rings. The van der Waals surface area contributed by atoms with E-state index >= 15 is 0 Å². The van der Waals surface area contributed by atoms with Crippen LogP contribution in [0.25, 0.3) is 11.0 Å². The van der Waals surface area contributed by atoms with Crippen molar-refractivity contribution < 1.29 is 9.53 Å². The normalized spacial score (nSPS) is 16.3. The summed E-state index contributed by atoms with van der Waals surface area (Å²) in [5, 5.41) is 3.15. The van der Waals surface area contributed by atoms with Crippen molar-refractivity contribution in [3.05, 3.63) is 69.6 Å². The van der Waals surface area contributed by atoms with Crippen LogP contribution < -0.4 is 11.0 Å². The summed E-state index contributed by atoms with van der Waals surface area (Å²) in [6, 6.07) is 13.6. The van der Waals surface area contributed by atoms with Crippen LogP contribution in [0, 0.1) is 0 Å². The number of rotatable bonds is 5. The first-order valence-electron chi connectivity index (χ1n) is 9.27. The first kappa shape index (κ1) is 17.5. The molecule has 6 nitrogen and oxygen atoms in total. The molecule has 0 bridgehead atoms. The summed E-state index contributed by atoms with van der Waals surface area (Å²) in [6.45, 7) is 0.927. The van der Waals surface area contributed by atoms with Crippen molar-refractivity contribution in [1.29, 1.82) is 0 Å². The number of carbonyl (C=O) groups is 1. The molecule has 0 saturated carbocycles. The Labute approximate surface area is 157 Å². The number of fused-ring (bicyclic) bond motifs is 2. The topological polar surface area (TPSA) is 76.1 Å². The van der Waals surface area contributed by atoms with Gasteiger partial charge in [-0.2, -0.15) is 0 Å². The molecule has 1 atom stereocenters. The zero-order valence-electron chi connectivity index (χ0n) is 15.3. The molecule has 0 spiro atoms. The molecule has 1 amide bonds. The zero-order valence-corrected chi connectivity index (χ0v) is 15.3. The fourth-order valence-corrected chi connectivity index (χ4v) is 3.85. The van der Waals surface area contributed by atoms with E-state index in [4.69, 9.17) is 4.74 Å². The van der Waals surface area contributed by atoms with Crippen LogP contribution in [-0.4, -0.2) is 29.2 Å². The molecule has 27 heavy (non-hydrogen) atoms. The summed E-state index contributed by atoms with van der Waals surface area (Å²) in [7, 11) is 1.60. The van der Waals surface area contributed by atoms with E-state index in [-0.39, 0.29) is 17.6 Å². The van der Waals surface area contributed by atoms with E-state index in [1.807, 2.05) is 18.2 Å². The number of aromatic nitrogens is 2. The van der Waals surface area contributed by atoms with E-state index < -0.39 is 0 Å². The maximum absolute atomic E-state index is 12.8. The minimum absolute atomic E-state index is 0.0310. The van der Waals surface area contributed by atoms with Crippen molar-refractivity contribution in [3.8, 4) is 0 Å². The van der Waals surface area contributed by atoms with Gasteiger partial charge in [0.05, 0.1) is 30.2 Å². The number of methoxy groups -OCH3 is 1. The number of H-pyrrole nitrogens is 1. The Morgan fingerprint density at radius 3 is 3.00 bits per heavy atom. The van der Waals surface area contributed by atoms with Gasteiger partial charge in [0, 0.05) is 12.7 Å². The average Bonchev–Trinajstić information content (AvgIpc) is 3.00. The maximum atomic E-state index is 12.8. The minimum atomic E-state index is -0.194. The SMILES string of the molecule is COCCn1c(=O)[nH]c2cc(C(=O)NC3CCCc4ccccc43)ccc21. The second-order valence-electron chi connectivity index (χ2n) is 6.92. The summed E-state index contributed by atoms with van der Waals surface area (Å²) in [5.41, 5.74) is 4.30. The number of imidazole rings is 1. The molecule has 1 aromatic heterocycles. The Kier molecular flexibility index (Phi) is 4.81. The van der Waals surface area contributed by atoms with Gasteiger partial charge in [-0.25, -0.2) is 4.79 Å². The first-order valence-corrected chi connectivity index (χ1v) is 9.27. The second kappa shape index (κ2) is 7.40. The van der Waals surface area contributed by atoms with Crippen molar-refractivity contribution in [2.75, 3.05) is 13.7 Å². The number of aryl methyl sites for hydroxylation is 1. The number of nitrogens with zero attached hydrogens (tertiary/aromatic N) is 1. The molecule has 140 valence electrons. The molecule has 0 saturated heterocycles. The molecule has 1 aliphatic carbocycles. The lowest BCUT2D eigenvalue weighted by molar-refractivity contribution is 0.0933. The lowest BCUT2D eigenvalue weighted by Crippen LogP contribution is -2.30. The van der Waals surface area contributed by atoms with Crippen LogP contribution in [0.4, 0.5) is 0 Å². The largest absolute Gasteiger partial charge is 0.383 e. The molecule has 0 aliphatic heterocycles. The molecule has 1 heterocycles. The van der Waals surface area contributed by atoms with Crippen LogP contribution in [0.1, 0.15) is 40.4 Å². The summed E-state index contributed by atoms with van der Waals surface area (Å²) < 4.78 is 6.68. The van der Waals surface area contributed by atoms with Gasteiger partial charge in [-0.1, -0.05) is 24.3 Å². The maximum Gasteiger partial charge on any atom is 0.326 e. The van der Waals surface area contributed by atoms with Crippen molar-refractivity contribution >= 4 is 16.9 Å². The van der Waals surface area contributed by atoms with Gasteiger partial charge in [-0.15, -0.1) is 0 Å². The number of ether oxygens (including phenoxy) is 1. The van der Waals surface area contributed by atoms with Gasteiger partial charge in [-0.3, -0.25) is 9.36 Å². The van der Waals surface area contributed by atoms with Crippen LogP contribution in [0.3, 0.4) is 0 Å². The molecular weight excluding hydrogens is 342 g/mol. The summed E-state index contributed by atoms with van der Waals surface area (Å²) in [4.78, 5) is 27.8. The predicted molar refractivity (Wildman–Crippen MR) is 104 cm³/mol. The van der Waals surface area contributed by atoms with Crippen molar-refractivity contribution in [1.82, 2.24) is 14.9 Å². The third-order valence-corrected chi connectivity index (χ3v) is 5.23. The molecule has 4 rings (SSSR count). The Morgan fingerprint density at radius 2 is 2.15 bits per heavy atom. The number of amides is 1. The standard InChI is InChI=1S/C21H23N3O3/c1-27-12-11-24-19-10-9-15(13-18(19)23-21(24)26)20(25)22-17-8-4-6-14-5-2-3-7-16(14)17/h2-3,5,7,9-10,13,17H,4,6,8,11-12H2,1H3,(H,22,25)(H,23,26). The van der Waals surface area contributed by atoms with E-state index in [0.29, 0.717) is 24.2 Å². The highest BCUT2D eigenvalue weighted by molar-refractivity contribution is 5.97. The fourth-order valence-electron chi connectivity index (χ4n) is 3.85. The van der Waals surface area contributed by atoms with E-state index in [1.165, 1.54) is 11.1 Å². The lowest BCUT2D eigenvalue weighted by Gasteiger charge is -2.26. The second-order valence-corrected chi connectivity index (χ2v) is 6.92. The third-order valence-electron chi connectivity index (χ3n) is 5.23. The highest BCUT2D eigenvalue weighted by Gasteiger charge is 2.22. The average molecular weight is 365 g/mol. The Balaban J connectivity index is 1.58. The van der Waals surface area contributed by atoms with E-state index in [9.17, 15) is 9.59 Å². The minimum Gasteiger partial charge on any atom is -0.383 e. The van der Waals surface area contributed by atoms with Crippen molar-refractivity contribution in [3.63, 3.8) is 0 Å². The third kappa shape index (κ3) is 3.40. The van der Waals surface area contributed by atoms with Crippen molar-refractivity contribution in [2.24, 2.45) is 0 Å². The molecule has 2 aromatic carbocycles. The first-order chi connectivity index (χ1) is 13.2. The van der Waals surface area contributed by atoms with Crippen LogP contribution in [0.2, 0.25) is 0 Å². The number of benzene rings is 2. The smallest absolute Gasteiger partial charge is 0.326 e. The Morgan fingerprint density at radius 1 is 1.30 bits per heavy atom. The fraction of sp³-hybridized carbons (Fsp3) is 0.333. The van der Waals surface area contributed by atoms with Crippen LogP contribution >= 0.6 is 0 Å². The molecular formula is C21H23N3O3. The van der Waals surface area contributed by atoms with Gasteiger partial charge < -0.3 is 15.0 Å². The molecule has 3 aromatic rings. The molecule has 6 heteroatoms. The van der Waals surface area contributed by atoms with E-state index in [0.717, 1.165) is 24.8 Å². The molecule has 2 N–H and O–H groups in total. The van der Waals surface area contributed by atoms with Crippen LogP contribution in [0.15, 0.2) is 47.3 Å². The van der Waals surface area contributed by atoms with Crippen LogP contribution in [0.5, 0.6) is 0 Å². The van der Waals surface area contributed by atoms with Gasteiger partial charge in [-0.05, 0) is 48.6 Å². The van der Waals surface area contributed by atoms with Gasteiger partial charge in [0.1, 0.15) is 0 Å². The highest BCUT2D eigenvalue weighted by atomic mass is 16.5. The summed E-state index contributed by atoms with van der Waals surface area (Å²) >= 11 is 0. The predicted octanol–water partition coefficient (Wildman–Crippen LogP) is 2.78.